The molecule has 53 heavy (non-hydrogen) atoms. The molecule has 0 unspecified atom stereocenters. The van der Waals surface area contributed by atoms with E-state index < -0.39 is 22.8 Å². The smallest absolute Gasteiger partial charge is 0.337 e. The van der Waals surface area contributed by atoms with Crippen molar-refractivity contribution >= 4 is 29.8 Å². The molecule has 1 aliphatic heterocycles. The number of ether oxygens (including phenoxy) is 2. The number of hydrogen-bond acceptors (Lipinski definition) is 9. The van der Waals surface area contributed by atoms with Gasteiger partial charge in [-0.1, -0.05) is 72.8 Å². The highest BCUT2D eigenvalue weighted by molar-refractivity contribution is 6.00. The number of imidazole rings is 2. The number of carbonyl (C=O) groups excluding carboxylic acids is 2. The minimum absolute atomic E-state index is 0.0392. The van der Waals surface area contributed by atoms with E-state index >= 15 is 0 Å². The number of nitrogens with one attached hydrogen (secondary N) is 3. The topological polar surface area (TPSA) is 165 Å². The maximum absolute atomic E-state index is 13.7. The van der Waals surface area contributed by atoms with Crippen molar-refractivity contribution < 1.29 is 24.0 Å². The summed E-state index contributed by atoms with van der Waals surface area (Å²) in [7, 11) is 0. The molecule has 0 amide bonds. The molecule has 3 N–H and O–H groups in total. The SMILES string of the molecule is CC1=C(C(=O)OCC=Cc2ccc(Cc3ncc[nH]3)cc2)C(c2cccc([N+](=O)[O-])c2)C(C(=O)OCC=Cc2ccc(Cc3ncc[nH]3)cc2)=C(C)N1. The lowest BCUT2D eigenvalue weighted by Gasteiger charge is -2.30. The van der Waals surface area contributed by atoms with Crippen LogP contribution in [0.4, 0.5) is 5.69 Å². The molecule has 0 atom stereocenters. The number of esters is 2. The number of allylic oxidation sites excluding steroid dienone is 2. The van der Waals surface area contributed by atoms with Crippen LogP contribution < -0.4 is 5.32 Å². The van der Waals surface area contributed by atoms with Crippen LogP contribution in [-0.4, -0.2) is 50.0 Å². The minimum Gasteiger partial charge on any atom is -0.458 e. The highest BCUT2D eigenvalue weighted by Crippen LogP contribution is 2.40. The van der Waals surface area contributed by atoms with Crippen LogP contribution in [0.1, 0.15) is 59.2 Å². The number of non-ortho nitro benzene ring substituents is 1. The summed E-state index contributed by atoms with van der Waals surface area (Å²) >= 11 is 0. The third kappa shape index (κ3) is 9.30. The number of nitrogens with zero attached hydrogens (tertiary/aromatic N) is 3. The number of nitro benzene ring substituents is 1. The Balaban J connectivity index is 1.14. The van der Waals surface area contributed by atoms with Gasteiger partial charge in [-0.25, -0.2) is 19.6 Å². The van der Waals surface area contributed by atoms with Crippen molar-refractivity contribution in [3.8, 4) is 0 Å². The van der Waals surface area contributed by atoms with Crippen molar-refractivity contribution in [3.05, 3.63) is 182 Å². The first kappa shape index (κ1) is 36.0. The van der Waals surface area contributed by atoms with Crippen LogP contribution in [0.15, 0.2) is 132 Å². The van der Waals surface area contributed by atoms with Crippen molar-refractivity contribution in [3.63, 3.8) is 0 Å². The van der Waals surface area contributed by atoms with Crippen molar-refractivity contribution in [2.24, 2.45) is 0 Å². The third-order valence-corrected chi connectivity index (χ3v) is 8.67. The van der Waals surface area contributed by atoms with Crippen LogP contribution in [0.2, 0.25) is 0 Å². The van der Waals surface area contributed by atoms with Crippen molar-refractivity contribution in [1.29, 1.82) is 0 Å². The summed E-state index contributed by atoms with van der Waals surface area (Å²) < 4.78 is 11.4. The predicted molar refractivity (Wildman–Crippen MR) is 200 cm³/mol. The summed E-state index contributed by atoms with van der Waals surface area (Å²) in [5.74, 6) is -0.560. The lowest BCUT2D eigenvalue weighted by Crippen LogP contribution is -2.32. The average Bonchev–Trinajstić information content (AvgIpc) is 3.88. The molecule has 1 aliphatic rings. The average molecular weight is 711 g/mol. The number of nitro groups is 1. The molecule has 0 aliphatic carbocycles. The summed E-state index contributed by atoms with van der Waals surface area (Å²) in [4.78, 5) is 53.4. The van der Waals surface area contributed by atoms with E-state index in [-0.39, 0.29) is 30.0 Å². The molecule has 0 saturated heterocycles. The molecule has 3 heterocycles. The Bertz CT molecular complexity index is 2050. The fraction of sp³-hybridized carbons (Fsp3) is 0.171. The Morgan fingerprint density at radius 1 is 0.755 bits per heavy atom. The second-order valence-electron chi connectivity index (χ2n) is 12.4. The van der Waals surface area contributed by atoms with E-state index in [0.717, 1.165) is 33.9 Å². The van der Waals surface area contributed by atoms with Crippen LogP contribution in [0.3, 0.4) is 0 Å². The van der Waals surface area contributed by atoms with Crippen LogP contribution >= 0.6 is 0 Å². The summed E-state index contributed by atoms with van der Waals surface area (Å²) in [5, 5.41) is 14.8. The number of dihydropyridines is 1. The monoisotopic (exact) mass is 710 g/mol. The van der Waals surface area contributed by atoms with Crippen molar-refractivity contribution in [1.82, 2.24) is 25.3 Å². The fourth-order valence-corrected chi connectivity index (χ4v) is 6.13. The summed E-state index contributed by atoms with van der Waals surface area (Å²) in [6.07, 6.45) is 15.5. The second-order valence-corrected chi connectivity index (χ2v) is 12.4. The van der Waals surface area contributed by atoms with Gasteiger partial charge in [0.15, 0.2) is 0 Å². The van der Waals surface area contributed by atoms with Gasteiger partial charge in [0.1, 0.15) is 24.9 Å². The minimum atomic E-state index is -0.979. The molecule has 3 aromatic carbocycles. The van der Waals surface area contributed by atoms with Crippen molar-refractivity contribution in [2.45, 2.75) is 32.6 Å². The Hall–Kier alpha value is -6.82. The maximum atomic E-state index is 13.7. The molecular formula is C41H38N6O6. The van der Waals surface area contributed by atoms with Gasteiger partial charge in [-0.3, -0.25) is 10.1 Å². The first-order chi connectivity index (χ1) is 25.7. The Kier molecular flexibility index (Phi) is 11.5. The predicted octanol–water partition coefficient (Wildman–Crippen LogP) is 6.97. The Morgan fingerprint density at radius 3 is 1.68 bits per heavy atom. The van der Waals surface area contributed by atoms with E-state index in [1.54, 1.807) is 56.9 Å². The molecule has 0 fully saturated rings. The number of benzene rings is 3. The van der Waals surface area contributed by atoms with E-state index in [0.29, 0.717) is 29.8 Å². The van der Waals surface area contributed by atoms with E-state index in [9.17, 15) is 19.7 Å². The van der Waals surface area contributed by atoms with Gasteiger partial charge in [0, 0.05) is 61.2 Å². The number of hydrogen-bond donors (Lipinski definition) is 3. The summed E-state index contributed by atoms with van der Waals surface area (Å²) in [6, 6.07) is 21.8. The zero-order valence-electron chi connectivity index (χ0n) is 29.2. The van der Waals surface area contributed by atoms with Gasteiger partial charge in [-0.2, -0.15) is 0 Å². The molecule has 12 heteroatoms. The van der Waals surface area contributed by atoms with Gasteiger partial charge in [-0.15, -0.1) is 0 Å². The molecule has 0 spiro atoms. The lowest BCUT2D eigenvalue weighted by atomic mass is 9.80. The van der Waals surface area contributed by atoms with E-state index in [1.165, 1.54) is 18.2 Å². The van der Waals surface area contributed by atoms with Crippen molar-refractivity contribution in [2.75, 3.05) is 13.2 Å². The Morgan fingerprint density at radius 2 is 1.25 bits per heavy atom. The summed E-state index contributed by atoms with van der Waals surface area (Å²) in [6.45, 7) is 3.33. The number of aromatic nitrogens is 4. The summed E-state index contributed by atoms with van der Waals surface area (Å²) in [5.41, 5.74) is 5.50. The molecule has 268 valence electrons. The van der Waals surface area contributed by atoms with Gasteiger partial charge < -0.3 is 24.8 Å². The molecule has 6 rings (SSSR count). The third-order valence-electron chi connectivity index (χ3n) is 8.67. The quantitative estimate of drug-likeness (QED) is 0.0627. The zero-order chi connectivity index (χ0) is 37.2. The van der Waals surface area contributed by atoms with Crippen LogP contribution in [0, 0.1) is 10.1 Å². The van der Waals surface area contributed by atoms with E-state index in [4.69, 9.17) is 9.47 Å². The highest BCUT2D eigenvalue weighted by Gasteiger charge is 2.38. The van der Waals surface area contributed by atoms with Gasteiger partial charge in [0.05, 0.1) is 22.0 Å². The van der Waals surface area contributed by atoms with Gasteiger partial charge in [0.2, 0.25) is 0 Å². The molecule has 12 nitrogen and oxygen atoms in total. The molecule has 5 aromatic rings. The van der Waals surface area contributed by atoms with Gasteiger partial charge >= 0.3 is 11.9 Å². The molecule has 0 bridgehead atoms. The number of carbonyl (C=O) groups is 2. The first-order valence-corrected chi connectivity index (χ1v) is 17.0. The van der Waals surface area contributed by atoms with Gasteiger partial charge in [0.25, 0.3) is 5.69 Å². The molecule has 0 saturated carbocycles. The molecule has 2 aromatic heterocycles. The number of rotatable bonds is 14. The first-order valence-electron chi connectivity index (χ1n) is 17.0. The number of aromatic amines is 2. The van der Waals surface area contributed by atoms with Crippen LogP contribution in [-0.2, 0) is 31.9 Å². The van der Waals surface area contributed by atoms with Crippen LogP contribution in [0.25, 0.3) is 12.2 Å². The Labute approximate surface area is 306 Å². The highest BCUT2D eigenvalue weighted by atomic mass is 16.6. The normalized spacial score (nSPS) is 14.5. The number of H-pyrrole nitrogens is 2. The van der Waals surface area contributed by atoms with E-state index in [2.05, 4.69) is 25.3 Å². The van der Waals surface area contributed by atoms with E-state index in [1.807, 2.05) is 60.7 Å². The van der Waals surface area contributed by atoms with Crippen LogP contribution in [0.5, 0.6) is 0 Å². The van der Waals surface area contributed by atoms with Gasteiger partial charge in [-0.05, 0) is 53.8 Å². The fourth-order valence-electron chi connectivity index (χ4n) is 6.13. The molecular weight excluding hydrogens is 672 g/mol. The lowest BCUT2D eigenvalue weighted by molar-refractivity contribution is -0.384. The standard InChI is InChI=1S/C41H38N6O6/c1-27-37(40(48)52-22-4-6-29-10-14-31(15-11-29)24-35-42-18-19-43-35)39(33-8-3-9-34(26-33)47(50)51)38(28(2)46-27)41(49)53-23-5-7-30-12-16-32(17-13-30)25-36-44-20-21-45-36/h3-21,26,39,46H,22-25H2,1-2H3,(H,42,43)(H,44,45). The largest absolute Gasteiger partial charge is 0.458 e. The zero-order valence-corrected chi connectivity index (χ0v) is 29.2. The molecule has 0 radical (unpaired) electrons. The maximum Gasteiger partial charge on any atom is 0.337 e. The second kappa shape index (κ2) is 16.9.